The van der Waals surface area contributed by atoms with E-state index in [0.717, 1.165) is 18.4 Å². The monoisotopic (exact) mass is 311 g/mol. The third kappa shape index (κ3) is 4.42. The molecule has 0 saturated heterocycles. The Hall–Kier alpha value is -2.62. The lowest BCUT2D eigenvalue weighted by Gasteiger charge is -2.19. The Morgan fingerprint density at radius 3 is 2.22 bits per heavy atom. The van der Waals surface area contributed by atoms with Crippen molar-refractivity contribution in [3.8, 4) is 0 Å². The Morgan fingerprint density at radius 1 is 1.00 bits per heavy atom. The first-order valence-corrected chi connectivity index (χ1v) is 7.69. The van der Waals surface area contributed by atoms with Gasteiger partial charge >= 0.3 is 5.97 Å². The van der Waals surface area contributed by atoms with E-state index in [4.69, 9.17) is 4.74 Å². The fourth-order valence-corrected chi connectivity index (χ4v) is 2.38. The third-order valence-electron chi connectivity index (χ3n) is 3.61. The average Bonchev–Trinajstić information content (AvgIpc) is 2.59. The van der Waals surface area contributed by atoms with Crippen molar-refractivity contribution in [1.29, 1.82) is 0 Å². The van der Waals surface area contributed by atoms with E-state index >= 15 is 0 Å². The number of unbranched alkanes of at least 4 members (excludes halogenated alkanes) is 1. The number of carbonyl (C=O) groups excluding carboxylic acids is 2. The van der Waals surface area contributed by atoms with Gasteiger partial charge in [0.2, 0.25) is 0 Å². The first kappa shape index (κ1) is 16.7. The molecule has 0 aliphatic carbocycles. The van der Waals surface area contributed by atoms with Crippen LogP contribution in [0.2, 0.25) is 0 Å². The summed E-state index contributed by atoms with van der Waals surface area (Å²) in [5.41, 5.74) is 0.768. The Labute approximate surface area is 135 Å². The lowest BCUT2D eigenvalue weighted by molar-refractivity contribution is -0.255. The van der Waals surface area contributed by atoms with E-state index in [2.05, 4.69) is 6.92 Å². The number of ether oxygens (including phenoxy) is 1. The van der Waals surface area contributed by atoms with Gasteiger partial charge in [-0.15, -0.1) is 0 Å². The molecule has 2 aromatic rings. The second kappa shape index (κ2) is 8.13. The summed E-state index contributed by atoms with van der Waals surface area (Å²) in [5, 5.41) is 11.1. The van der Waals surface area contributed by atoms with Crippen molar-refractivity contribution in [2.75, 3.05) is 0 Å². The van der Waals surface area contributed by atoms with Crippen molar-refractivity contribution in [1.82, 2.24) is 0 Å². The second-order valence-corrected chi connectivity index (χ2v) is 5.28. The molecular weight excluding hydrogens is 292 g/mol. The molecule has 2 aromatic carbocycles. The highest BCUT2D eigenvalue weighted by Gasteiger charge is 2.19. The fraction of sp³-hybridized carbons (Fsp3) is 0.263. The van der Waals surface area contributed by atoms with Gasteiger partial charge in [-0.1, -0.05) is 61.9 Å². The highest BCUT2D eigenvalue weighted by atomic mass is 16.5. The van der Waals surface area contributed by atoms with Crippen LogP contribution in [0, 0.1) is 0 Å². The molecule has 0 aromatic heterocycles. The molecule has 0 N–H and O–H groups in total. The number of esters is 1. The first-order valence-electron chi connectivity index (χ1n) is 7.69. The maximum atomic E-state index is 12.4. The van der Waals surface area contributed by atoms with Gasteiger partial charge in [0.15, 0.2) is 0 Å². The molecule has 0 spiro atoms. The summed E-state index contributed by atoms with van der Waals surface area (Å²) in [6.07, 6.45) is 2.20. The molecule has 0 radical (unpaired) electrons. The molecule has 23 heavy (non-hydrogen) atoms. The summed E-state index contributed by atoms with van der Waals surface area (Å²) in [6.45, 7) is 2.06. The Bertz CT molecular complexity index is 664. The number of hydrogen-bond donors (Lipinski definition) is 0. The van der Waals surface area contributed by atoms with E-state index in [9.17, 15) is 14.7 Å². The number of carboxylic acid groups (broad SMARTS) is 1. The number of carboxylic acids is 1. The molecule has 0 amide bonds. The van der Waals surface area contributed by atoms with Crippen LogP contribution in [0.4, 0.5) is 0 Å². The van der Waals surface area contributed by atoms with Crippen molar-refractivity contribution >= 4 is 11.9 Å². The Kier molecular flexibility index (Phi) is 5.92. The van der Waals surface area contributed by atoms with E-state index in [1.54, 1.807) is 12.1 Å². The molecule has 0 bridgehead atoms. The predicted octanol–water partition coefficient (Wildman–Crippen LogP) is 3.14. The number of hydrogen-bond acceptors (Lipinski definition) is 4. The van der Waals surface area contributed by atoms with Gasteiger partial charge in [-0.25, -0.2) is 4.79 Å². The average molecular weight is 311 g/mol. The van der Waals surface area contributed by atoms with Crippen LogP contribution in [0.5, 0.6) is 0 Å². The minimum atomic E-state index is -1.39. The van der Waals surface area contributed by atoms with Gasteiger partial charge in [-0.3, -0.25) is 0 Å². The lowest BCUT2D eigenvalue weighted by atomic mass is 10.0. The molecule has 2 rings (SSSR count). The van der Waals surface area contributed by atoms with Crippen LogP contribution in [0.25, 0.3) is 0 Å². The van der Waals surface area contributed by atoms with E-state index < -0.39 is 18.0 Å². The Morgan fingerprint density at radius 2 is 1.61 bits per heavy atom. The second-order valence-electron chi connectivity index (χ2n) is 5.28. The molecule has 1 unspecified atom stereocenters. The van der Waals surface area contributed by atoms with Crippen LogP contribution in [-0.2, 0) is 4.74 Å². The van der Waals surface area contributed by atoms with Gasteiger partial charge in [-0.2, -0.15) is 0 Å². The zero-order valence-electron chi connectivity index (χ0n) is 13.0. The standard InChI is InChI=1S/C19H20O4/c1-2-3-13-17(14-9-5-4-6-10-14)23-19(22)16-12-8-7-11-15(16)18(20)21/h4-12,17H,2-3,13H2,1H3,(H,20,21)/p-1. The van der Waals surface area contributed by atoms with Gasteiger partial charge < -0.3 is 14.6 Å². The van der Waals surface area contributed by atoms with Crippen molar-refractivity contribution in [3.05, 3.63) is 71.3 Å². The van der Waals surface area contributed by atoms with E-state index in [0.29, 0.717) is 6.42 Å². The summed E-state index contributed by atoms with van der Waals surface area (Å²) >= 11 is 0. The van der Waals surface area contributed by atoms with Crippen molar-refractivity contribution in [3.63, 3.8) is 0 Å². The summed E-state index contributed by atoms with van der Waals surface area (Å²) < 4.78 is 5.59. The molecule has 120 valence electrons. The van der Waals surface area contributed by atoms with Gasteiger partial charge in [0.1, 0.15) is 6.10 Å². The maximum Gasteiger partial charge on any atom is 0.339 e. The summed E-state index contributed by atoms with van der Waals surface area (Å²) in [7, 11) is 0. The molecule has 1 atom stereocenters. The van der Waals surface area contributed by atoms with Crippen LogP contribution in [-0.4, -0.2) is 11.9 Å². The van der Waals surface area contributed by atoms with Crippen molar-refractivity contribution in [2.45, 2.75) is 32.3 Å². The highest BCUT2D eigenvalue weighted by molar-refractivity contribution is 6.01. The quantitative estimate of drug-likeness (QED) is 0.737. The third-order valence-corrected chi connectivity index (χ3v) is 3.61. The minimum Gasteiger partial charge on any atom is -0.545 e. The fourth-order valence-electron chi connectivity index (χ4n) is 2.38. The number of benzene rings is 2. The lowest BCUT2D eigenvalue weighted by Crippen LogP contribution is -2.25. The molecule has 0 heterocycles. The van der Waals surface area contributed by atoms with Gasteiger partial charge in [0.05, 0.1) is 11.5 Å². The smallest absolute Gasteiger partial charge is 0.339 e. The summed E-state index contributed by atoms with van der Waals surface area (Å²) in [5.74, 6) is -2.03. The normalized spacial score (nSPS) is 11.7. The largest absolute Gasteiger partial charge is 0.545 e. The molecule has 0 aliphatic rings. The van der Waals surface area contributed by atoms with E-state index in [-0.39, 0.29) is 11.1 Å². The Balaban J connectivity index is 2.23. The number of rotatable bonds is 7. The highest BCUT2D eigenvalue weighted by Crippen LogP contribution is 2.25. The van der Waals surface area contributed by atoms with Crippen LogP contribution < -0.4 is 5.11 Å². The minimum absolute atomic E-state index is 0.0185. The van der Waals surface area contributed by atoms with Gasteiger partial charge in [-0.05, 0) is 24.5 Å². The molecule has 4 heteroatoms. The van der Waals surface area contributed by atoms with Crippen LogP contribution in [0.3, 0.4) is 0 Å². The topological polar surface area (TPSA) is 66.4 Å². The van der Waals surface area contributed by atoms with E-state index in [1.165, 1.54) is 12.1 Å². The molecule has 0 saturated carbocycles. The van der Waals surface area contributed by atoms with Crippen LogP contribution in [0.1, 0.15) is 58.6 Å². The number of carbonyl (C=O) groups is 2. The first-order chi connectivity index (χ1) is 11.1. The van der Waals surface area contributed by atoms with Crippen LogP contribution in [0.15, 0.2) is 54.6 Å². The molecule has 0 aliphatic heterocycles. The van der Waals surface area contributed by atoms with Crippen molar-refractivity contribution in [2.24, 2.45) is 0 Å². The summed E-state index contributed by atoms with van der Waals surface area (Å²) in [6, 6.07) is 15.4. The van der Waals surface area contributed by atoms with Crippen molar-refractivity contribution < 1.29 is 19.4 Å². The zero-order chi connectivity index (χ0) is 16.7. The molecule has 4 nitrogen and oxygen atoms in total. The molecular formula is C19H19O4-. The van der Waals surface area contributed by atoms with Gasteiger partial charge in [0, 0.05) is 5.56 Å². The SMILES string of the molecule is CCCCC(OC(=O)c1ccccc1C(=O)[O-])c1ccccc1. The zero-order valence-corrected chi connectivity index (χ0v) is 13.0. The number of aromatic carboxylic acids is 1. The maximum absolute atomic E-state index is 12.4. The van der Waals surface area contributed by atoms with E-state index in [1.807, 2.05) is 30.3 Å². The summed E-state index contributed by atoms with van der Waals surface area (Å²) in [4.78, 5) is 23.5. The van der Waals surface area contributed by atoms with Gasteiger partial charge in [0.25, 0.3) is 0 Å². The van der Waals surface area contributed by atoms with Crippen LogP contribution >= 0.6 is 0 Å². The predicted molar refractivity (Wildman–Crippen MR) is 84.9 cm³/mol. The molecule has 0 fully saturated rings.